The molecule has 0 radical (unpaired) electrons. The van der Waals surface area contributed by atoms with Crippen molar-refractivity contribution in [1.29, 1.82) is 0 Å². The first-order valence-corrected chi connectivity index (χ1v) is 7.45. The maximum absolute atomic E-state index is 9.20. The molecule has 1 aromatic rings. The number of nitrogens with zero attached hydrogens (tertiary/aromatic N) is 1. The molecule has 0 aromatic heterocycles. The van der Waals surface area contributed by atoms with Gasteiger partial charge in [0.15, 0.2) is 0 Å². The quantitative estimate of drug-likeness (QED) is 0.347. The number of unbranched alkanes of at least 4 members (excludes halogenated alkanes) is 1. The summed E-state index contributed by atoms with van der Waals surface area (Å²) in [6, 6.07) is 7.80. The van der Waals surface area contributed by atoms with Crippen molar-refractivity contribution in [2.45, 2.75) is 38.7 Å². The second-order valence-electron chi connectivity index (χ2n) is 4.98. The minimum absolute atomic E-state index is 0.104. The van der Waals surface area contributed by atoms with Crippen LogP contribution in [0.3, 0.4) is 0 Å². The molecule has 0 fully saturated rings. The Balaban J connectivity index is 2.25. The number of ether oxygens (including phenoxy) is 1. The maximum atomic E-state index is 9.20. The van der Waals surface area contributed by atoms with Crippen LogP contribution in [-0.4, -0.2) is 41.9 Å². The van der Waals surface area contributed by atoms with Crippen molar-refractivity contribution in [2.75, 3.05) is 19.8 Å². The molecule has 0 heterocycles. The highest BCUT2D eigenvalue weighted by Gasteiger charge is 2.03. The molecule has 0 bridgehead atoms. The Morgan fingerprint density at radius 2 is 2.00 bits per heavy atom. The normalized spacial score (nSPS) is 13.2. The standard InChI is InChI=1S/C16H26N2O3/c1-2-16(17)18-10-4-3-5-13-6-8-15(9-7-13)21-12-14(20)11-19/h6-9,14,19-20H,2-5,10-12H2,1H3,(H2,17,18). The van der Waals surface area contributed by atoms with Crippen LogP contribution >= 0.6 is 0 Å². The Morgan fingerprint density at radius 3 is 2.62 bits per heavy atom. The van der Waals surface area contributed by atoms with E-state index in [1.165, 1.54) is 5.56 Å². The first-order chi connectivity index (χ1) is 10.2. The summed E-state index contributed by atoms with van der Waals surface area (Å²) in [5, 5.41) is 17.9. The molecule has 21 heavy (non-hydrogen) atoms. The van der Waals surface area contributed by atoms with Gasteiger partial charge in [-0.25, -0.2) is 0 Å². The summed E-state index contributed by atoms with van der Waals surface area (Å²) < 4.78 is 5.35. The van der Waals surface area contributed by atoms with Gasteiger partial charge in [-0.3, -0.25) is 4.99 Å². The SMILES string of the molecule is CCC(N)=NCCCCc1ccc(OCC(O)CO)cc1. The lowest BCUT2D eigenvalue weighted by molar-refractivity contribution is 0.0536. The van der Waals surface area contributed by atoms with Crippen molar-refractivity contribution < 1.29 is 14.9 Å². The van der Waals surface area contributed by atoms with E-state index in [9.17, 15) is 5.11 Å². The van der Waals surface area contributed by atoms with Gasteiger partial charge in [0.2, 0.25) is 0 Å². The number of hydrogen-bond acceptors (Lipinski definition) is 4. The monoisotopic (exact) mass is 294 g/mol. The summed E-state index contributed by atoms with van der Waals surface area (Å²) in [7, 11) is 0. The van der Waals surface area contributed by atoms with Gasteiger partial charge in [-0.1, -0.05) is 19.1 Å². The third-order valence-corrected chi connectivity index (χ3v) is 3.13. The number of amidine groups is 1. The van der Waals surface area contributed by atoms with Gasteiger partial charge in [0.1, 0.15) is 18.5 Å². The molecule has 1 unspecified atom stereocenters. The smallest absolute Gasteiger partial charge is 0.119 e. The number of rotatable bonds is 10. The van der Waals surface area contributed by atoms with Gasteiger partial charge in [0.25, 0.3) is 0 Å². The predicted octanol–water partition coefficient (Wildman–Crippen LogP) is 1.51. The topological polar surface area (TPSA) is 88.1 Å². The van der Waals surface area contributed by atoms with Gasteiger partial charge >= 0.3 is 0 Å². The number of benzene rings is 1. The predicted molar refractivity (Wildman–Crippen MR) is 84.7 cm³/mol. The highest BCUT2D eigenvalue weighted by Crippen LogP contribution is 2.14. The van der Waals surface area contributed by atoms with Crippen molar-refractivity contribution >= 4 is 5.84 Å². The van der Waals surface area contributed by atoms with Crippen molar-refractivity contribution in [3.63, 3.8) is 0 Å². The Hall–Kier alpha value is -1.59. The molecule has 1 atom stereocenters. The van der Waals surface area contributed by atoms with Crippen LogP contribution in [-0.2, 0) is 6.42 Å². The average molecular weight is 294 g/mol. The average Bonchev–Trinajstić information content (AvgIpc) is 2.53. The summed E-state index contributed by atoms with van der Waals surface area (Å²) in [5.41, 5.74) is 6.89. The van der Waals surface area contributed by atoms with E-state index in [1.54, 1.807) is 0 Å². The molecular weight excluding hydrogens is 268 g/mol. The Bertz CT molecular complexity index is 418. The van der Waals surface area contributed by atoms with E-state index in [4.69, 9.17) is 15.6 Å². The largest absolute Gasteiger partial charge is 0.491 e. The lowest BCUT2D eigenvalue weighted by Gasteiger charge is -2.10. The van der Waals surface area contributed by atoms with Crippen molar-refractivity contribution in [3.05, 3.63) is 29.8 Å². The zero-order valence-electron chi connectivity index (χ0n) is 12.7. The second kappa shape index (κ2) is 10.2. The maximum Gasteiger partial charge on any atom is 0.119 e. The highest BCUT2D eigenvalue weighted by molar-refractivity contribution is 5.79. The molecule has 0 aliphatic heterocycles. The van der Waals surface area contributed by atoms with E-state index in [-0.39, 0.29) is 13.2 Å². The highest BCUT2D eigenvalue weighted by atomic mass is 16.5. The zero-order valence-corrected chi connectivity index (χ0v) is 12.7. The summed E-state index contributed by atoms with van der Waals surface area (Å²) in [5.74, 6) is 1.42. The summed E-state index contributed by atoms with van der Waals surface area (Å²) >= 11 is 0. The molecule has 5 nitrogen and oxygen atoms in total. The number of aliphatic hydroxyl groups excluding tert-OH is 2. The van der Waals surface area contributed by atoms with Crippen LogP contribution in [0.5, 0.6) is 5.75 Å². The van der Waals surface area contributed by atoms with E-state index in [1.807, 2.05) is 31.2 Å². The van der Waals surface area contributed by atoms with Gasteiger partial charge in [0, 0.05) is 13.0 Å². The molecule has 0 amide bonds. The van der Waals surface area contributed by atoms with Crippen LogP contribution in [0, 0.1) is 0 Å². The molecule has 4 N–H and O–H groups in total. The van der Waals surface area contributed by atoms with Crippen molar-refractivity contribution in [3.8, 4) is 5.75 Å². The Labute approximate surface area is 126 Å². The van der Waals surface area contributed by atoms with Gasteiger partial charge in [-0.05, 0) is 37.0 Å². The first kappa shape index (κ1) is 17.5. The van der Waals surface area contributed by atoms with Gasteiger partial charge in [-0.2, -0.15) is 0 Å². The summed E-state index contributed by atoms with van der Waals surface area (Å²) in [6.07, 6.45) is 3.08. The van der Waals surface area contributed by atoms with Crippen LogP contribution < -0.4 is 10.5 Å². The molecule has 0 spiro atoms. The lowest BCUT2D eigenvalue weighted by Crippen LogP contribution is -2.21. The van der Waals surface area contributed by atoms with E-state index in [0.717, 1.165) is 38.1 Å². The first-order valence-electron chi connectivity index (χ1n) is 7.45. The van der Waals surface area contributed by atoms with Crippen LogP contribution in [0.4, 0.5) is 0 Å². The molecule has 5 heteroatoms. The fraction of sp³-hybridized carbons (Fsp3) is 0.562. The van der Waals surface area contributed by atoms with Crippen LogP contribution in [0.25, 0.3) is 0 Å². The summed E-state index contributed by atoms with van der Waals surface area (Å²) in [6.45, 7) is 2.61. The second-order valence-corrected chi connectivity index (χ2v) is 4.98. The van der Waals surface area contributed by atoms with Crippen LogP contribution in [0.2, 0.25) is 0 Å². The van der Waals surface area contributed by atoms with Gasteiger partial charge in [-0.15, -0.1) is 0 Å². The number of aliphatic hydroxyl groups is 2. The Kier molecular flexibility index (Phi) is 8.47. The fourth-order valence-corrected chi connectivity index (χ4v) is 1.77. The number of hydrogen-bond donors (Lipinski definition) is 3. The summed E-state index contributed by atoms with van der Waals surface area (Å²) in [4.78, 5) is 4.27. The molecule has 118 valence electrons. The fourth-order valence-electron chi connectivity index (χ4n) is 1.77. The molecule has 1 aromatic carbocycles. The zero-order chi connectivity index (χ0) is 15.5. The molecule has 0 saturated carbocycles. The van der Waals surface area contributed by atoms with Gasteiger partial charge in [0.05, 0.1) is 12.4 Å². The van der Waals surface area contributed by atoms with Gasteiger partial charge < -0.3 is 20.7 Å². The number of nitrogens with two attached hydrogens (primary N) is 1. The van der Waals surface area contributed by atoms with E-state index >= 15 is 0 Å². The van der Waals surface area contributed by atoms with E-state index < -0.39 is 6.10 Å². The lowest BCUT2D eigenvalue weighted by atomic mass is 10.1. The number of aliphatic imine (C=N–C) groups is 1. The van der Waals surface area contributed by atoms with E-state index in [0.29, 0.717) is 5.75 Å². The third-order valence-electron chi connectivity index (χ3n) is 3.13. The van der Waals surface area contributed by atoms with Crippen molar-refractivity contribution in [2.24, 2.45) is 10.7 Å². The molecular formula is C16H26N2O3. The molecule has 0 saturated heterocycles. The minimum Gasteiger partial charge on any atom is -0.491 e. The third kappa shape index (κ3) is 7.68. The molecule has 1 rings (SSSR count). The minimum atomic E-state index is -0.833. The Morgan fingerprint density at radius 1 is 1.29 bits per heavy atom. The van der Waals surface area contributed by atoms with Crippen LogP contribution in [0.1, 0.15) is 31.7 Å². The number of aryl methyl sites for hydroxylation is 1. The van der Waals surface area contributed by atoms with Crippen LogP contribution in [0.15, 0.2) is 29.3 Å². The van der Waals surface area contributed by atoms with E-state index in [2.05, 4.69) is 4.99 Å². The molecule has 0 aliphatic carbocycles. The van der Waals surface area contributed by atoms with Crippen molar-refractivity contribution in [1.82, 2.24) is 0 Å². The molecule has 0 aliphatic rings.